The van der Waals surface area contributed by atoms with Gasteiger partial charge in [0.25, 0.3) is 0 Å². The minimum absolute atomic E-state index is 0.205. The van der Waals surface area contributed by atoms with Gasteiger partial charge in [0.1, 0.15) is 0 Å². The second-order valence-corrected chi connectivity index (χ2v) is 6.28. The molecular weight excluding hydrogens is 251 g/mol. The summed E-state index contributed by atoms with van der Waals surface area (Å²) < 4.78 is 0. The van der Waals surface area contributed by atoms with Gasteiger partial charge in [0, 0.05) is 5.56 Å². The molecule has 1 unspecified atom stereocenters. The van der Waals surface area contributed by atoms with Crippen LogP contribution in [0, 0.1) is 27.7 Å². The van der Waals surface area contributed by atoms with Crippen molar-refractivity contribution in [1.82, 2.24) is 0 Å². The highest BCUT2D eigenvalue weighted by atomic mass is 31.1. The van der Waals surface area contributed by atoms with Crippen molar-refractivity contribution >= 4 is 19.4 Å². The Morgan fingerprint density at radius 1 is 0.895 bits per heavy atom. The van der Waals surface area contributed by atoms with Gasteiger partial charge in [-0.3, -0.25) is 4.79 Å². The quantitative estimate of drug-likeness (QED) is 0.768. The van der Waals surface area contributed by atoms with Crippen LogP contribution in [0.1, 0.15) is 32.6 Å². The summed E-state index contributed by atoms with van der Waals surface area (Å²) in [7, 11) is 0.205. The molecular formula is C17H19OP. The van der Waals surface area contributed by atoms with Gasteiger partial charge >= 0.3 is 0 Å². The first-order valence-corrected chi connectivity index (χ1v) is 7.44. The summed E-state index contributed by atoms with van der Waals surface area (Å²) in [6, 6.07) is 12.3. The van der Waals surface area contributed by atoms with Crippen LogP contribution in [0.15, 0.2) is 36.4 Å². The summed E-state index contributed by atoms with van der Waals surface area (Å²) in [5.41, 5.74) is 5.72. The van der Waals surface area contributed by atoms with Gasteiger partial charge in [-0.15, -0.1) is 0 Å². The Bertz CT molecular complexity index is 609. The summed E-state index contributed by atoms with van der Waals surface area (Å²) in [6.45, 7) is 8.17. The van der Waals surface area contributed by atoms with Crippen molar-refractivity contribution in [2.75, 3.05) is 0 Å². The number of aryl methyl sites for hydroxylation is 4. The van der Waals surface area contributed by atoms with E-state index < -0.39 is 0 Å². The van der Waals surface area contributed by atoms with Crippen LogP contribution in [-0.4, -0.2) is 5.52 Å². The average Bonchev–Trinajstić information content (AvgIpc) is 2.32. The van der Waals surface area contributed by atoms with Crippen molar-refractivity contribution in [3.63, 3.8) is 0 Å². The van der Waals surface area contributed by atoms with Crippen LogP contribution in [0.4, 0.5) is 0 Å². The van der Waals surface area contributed by atoms with E-state index in [4.69, 9.17) is 0 Å². The third kappa shape index (κ3) is 3.11. The molecule has 0 saturated carbocycles. The zero-order valence-electron chi connectivity index (χ0n) is 11.9. The molecule has 0 fully saturated rings. The molecule has 0 heterocycles. The topological polar surface area (TPSA) is 17.1 Å². The molecule has 0 bridgehead atoms. The number of hydrogen-bond acceptors (Lipinski definition) is 1. The minimum Gasteiger partial charge on any atom is -0.289 e. The van der Waals surface area contributed by atoms with E-state index in [1.54, 1.807) is 0 Å². The molecule has 0 spiro atoms. The fourth-order valence-electron chi connectivity index (χ4n) is 2.31. The number of carbonyl (C=O) groups excluding carboxylic acids is 1. The molecule has 0 radical (unpaired) electrons. The van der Waals surface area contributed by atoms with Crippen LogP contribution in [0.5, 0.6) is 0 Å². The number of hydrogen-bond donors (Lipinski definition) is 0. The molecule has 2 heteroatoms. The van der Waals surface area contributed by atoms with Crippen LogP contribution in [0.25, 0.3) is 0 Å². The first-order chi connectivity index (χ1) is 8.99. The Morgan fingerprint density at radius 3 is 2.11 bits per heavy atom. The number of carbonyl (C=O) groups is 1. The lowest BCUT2D eigenvalue weighted by Crippen LogP contribution is -2.07. The third-order valence-electron chi connectivity index (χ3n) is 3.34. The molecule has 0 aliphatic carbocycles. The summed E-state index contributed by atoms with van der Waals surface area (Å²) in [5, 5.41) is 1.15. The van der Waals surface area contributed by atoms with Crippen molar-refractivity contribution in [1.29, 1.82) is 0 Å². The lowest BCUT2D eigenvalue weighted by molar-refractivity contribution is 0.108. The Labute approximate surface area is 116 Å². The summed E-state index contributed by atoms with van der Waals surface area (Å²) in [4.78, 5) is 12.5. The van der Waals surface area contributed by atoms with Gasteiger partial charge in [-0.05, 0) is 58.3 Å². The van der Waals surface area contributed by atoms with Crippen molar-refractivity contribution in [2.45, 2.75) is 27.7 Å². The van der Waals surface area contributed by atoms with Crippen LogP contribution in [0.2, 0.25) is 0 Å². The van der Waals surface area contributed by atoms with Gasteiger partial charge in [0.15, 0.2) is 5.52 Å². The van der Waals surface area contributed by atoms with Gasteiger partial charge in [0.05, 0.1) is 0 Å². The first-order valence-electron chi connectivity index (χ1n) is 6.44. The average molecular weight is 270 g/mol. The first kappa shape index (κ1) is 14.0. The lowest BCUT2D eigenvalue weighted by Gasteiger charge is -2.10. The molecule has 0 aliphatic rings. The van der Waals surface area contributed by atoms with Gasteiger partial charge in [-0.1, -0.05) is 42.0 Å². The van der Waals surface area contributed by atoms with Gasteiger partial charge in [0.2, 0.25) is 0 Å². The van der Waals surface area contributed by atoms with Crippen LogP contribution >= 0.6 is 8.58 Å². The second kappa shape index (κ2) is 5.67. The lowest BCUT2D eigenvalue weighted by atomic mass is 10.0. The largest absolute Gasteiger partial charge is 0.289 e. The standard InChI is InChI=1S/C17H19OP/c1-11-8-9-15(14(4)10-11)19-17(18)16-12(2)6-5-7-13(16)3/h5-10,19H,1-4H3. The van der Waals surface area contributed by atoms with E-state index in [2.05, 4.69) is 32.0 Å². The smallest absolute Gasteiger partial charge is 0.186 e. The molecule has 98 valence electrons. The van der Waals surface area contributed by atoms with E-state index in [0.717, 1.165) is 22.0 Å². The van der Waals surface area contributed by atoms with Crippen molar-refractivity contribution in [3.05, 3.63) is 64.2 Å². The van der Waals surface area contributed by atoms with Crippen molar-refractivity contribution in [2.24, 2.45) is 0 Å². The number of rotatable bonds is 3. The molecule has 0 aliphatic heterocycles. The Morgan fingerprint density at radius 2 is 1.53 bits per heavy atom. The Hall–Kier alpha value is -1.46. The molecule has 2 aromatic rings. The molecule has 19 heavy (non-hydrogen) atoms. The molecule has 0 N–H and O–H groups in total. The maximum absolute atomic E-state index is 12.5. The van der Waals surface area contributed by atoms with Crippen LogP contribution in [-0.2, 0) is 0 Å². The minimum atomic E-state index is 0.205. The normalized spacial score (nSPS) is 11.2. The molecule has 2 rings (SSSR count). The van der Waals surface area contributed by atoms with Gasteiger partial charge < -0.3 is 0 Å². The summed E-state index contributed by atoms with van der Waals surface area (Å²) in [5.74, 6) is 0. The van der Waals surface area contributed by atoms with E-state index in [1.807, 2.05) is 32.0 Å². The predicted octanol–water partition coefficient (Wildman–Crippen LogP) is 4.06. The highest BCUT2D eigenvalue weighted by Gasteiger charge is 2.13. The molecule has 0 amide bonds. The van der Waals surface area contributed by atoms with Gasteiger partial charge in [-0.2, -0.15) is 0 Å². The zero-order chi connectivity index (χ0) is 14.0. The maximum atomic E-state index is 12.5. The summed E-state index contributed by atoms with van der Waals surface area (Å²) >= 11 is 0. The highest BCUT2D eigenvalue weighted by Crippen LogP contribution is 2.25. The monoisotopic (exact) mass is 270 g/mol. The molecule has 1 atom stereocenters. The molecule has 2 aromatic carbocycles. The third-order valence-corrected chi connectivity index (χ3v) is 4.65. The number of benzene rings is 2. The van der Waals surface area contributed by atoms with E-state index >= 15 is 0 Å². The Balaban J connectivity index is 2.31. The Kier molecular flexibility index (Phi) is 4.17. The summed E-state index contributed by atoms with van der Waals surface area (Å²) in [6.07, 6.45) is 0. The van der Waals surface area contributed by atoms with E-state index in [1.165, 1.54) is 11.1 Å². The second-order valence-electron chi connectivity index (χ2n) is 5.04. The maximum Gasteiger partial charge on any atom is 0.186 e. The van der Waals surface area contributed by atoms with E-state index in [0.29, 0.717) is 0 Å². The fraction of sp³-hybridized carbons (Fsp3) is 0.235. The molecule has 0 saturated heterocycles. The molecule has 0 aromatic heterocycles. The van der Waals surface area contributed by atoms with Crippen LogP contribution in [0.3, 0.4) is 0 Å². The molecule has 1 nitrogen and oxygen atoms in total. The van der Waals surface area contributed by atoms with Crippen molar-refractivity contribution in [3.8, 4) is 0 Å². The zero-order valence-corrected chi connectivity index (χ0v) is 12.9. The fourth-order valence-corrected chi connectivity index (χ4v) is 3.51. The SMILES string of the molecule is Cc1ccc(PC(=O)c2c(C)cccc2C)c(C)c1. The van der Waals surface area contributed by atoms with Crippen molar-refractivity contribution < 1.29 is 4.79 Å². The van der Waals surface area contributed by atoms with E-state index in [-0.39, 0.29) is 14.1 Å². The van der Waals surface area contributed by atoms with Crippen LogP contribution < -0.4 is 5.30 Å². The van der Waals surface area contributed by atoms with E-state index in [9.17, 15) is 4.79 Å². The predicted molar refractivity (Wildman–Crippen MR) is 84.1 cm³/mol. The van der Waals surface area contributed by atoms with Gasteiger partial charge in [-0.25, -0.2) is 0 Å². The highest BCUT2D eigenvalue weighted by molar-refractivity contribution is 7.66.